The number of carboxylic acids is 1. The Morgan fingerprint density at radius 2 is 1.86 bits per heavy atom. The second-order valence-electron chi connectivity index (χ2n) is 6.65. The topological polar surface area (TPSA) is 66.4 Å². The number of amides is 1. The zero-order chi connectivity index (χ0) is 15.7. The highest BCUT2D eigenvalue weighted by Crippen LogP contribution is 2.56. The number of carboxylic acid groups (broad SMARTS) is 1. The molecule has 0 saturated heterocycles. The van der Waals surface area contributed by atoms with Crippen molar-refractivity contribution < 1.29 is 14.7 Å². The summed E-state index contributed by atoms with van der Waals surface area (Å²) in [5, 5.41) is 12.3. The maximum Gasteiger partial charge on any atom is 0.307 e. The van der Waals surface area contributed by atoms with Gasteiger partial charge in [-0.3, -0.25) is 9.59 Å². The zero-order valence-corrected chi connectivity index (χ0v) is 12.8. The third-order valence-corrected chi connectivity index (χ3v) is 5.32. The Morgan fingerprint density at radius 3 is 2.38 bits per heavy atom. The number of rotatable bonds is 4. The molecule has 2 rings (SSSR count). The molecule has 21 heavy (non-hydrogen) atoms. The molecule has 2 unspecified atom stereocenters. The molecule has 2 N–H and O–H groups in total. The van der Waals surface area contributed by atoms with E-state index in [1.54, 1.807) is 0 Å². The minimum absolute atomic E-state index is 0.0555. The largest absolute Gasteiger partial charge is 0.481 e. The average Bonchev–Trinajstić information content (AvgIpc) is 2.69. The van der Waals surface area contributed by atoms with Gasteiger partial charge < -0.3 is 10.4 Å². The normalized spacial score (nSPS) is 27.3. The number of carbonyl (C=O) groups excluding carboxylic acids is 1. The average molecular weight is 289 g/mol. The van der Waals surface area contributed by atoms with Gasteiger partial charge in [-0.1, -0.05) is 51.1 Å². The molecule has 1 saturated carbocycles. The summed E-state index contributed by atoms with van der Waals surface area (Å²) < 4.78 is 0. The Balaban J connectivity index is 2.09. The van der Waals surface area contributed by atoms with Crippen LogP contribution < -0.4 is 5.32 Å². The lowest BCUT2D eigenvalue weighted by Crippen LogP contribution is -2.47. The highest BCUT2D eigenvalue weighted by atomic mass is 16.4. The molecule has 4 nitrogen and oxygen atoms in total. The Bertz CT molecular complexity index is 538. The molecule has 0 aliphatic heterocycles. The molecule has 1 aliphatic rings. The predicted octanol–water partition coefficient (Wildman–Crippen LogP) is 2.83. The number of hydrogen-bond donors (Lipinski definition) is 2. The fourth-order valence-corrected chi connectivity index (χ4v) is 3.31. The molecule has 0 radical (unpaired) electrons. The lowest BCUT2D eigenvalue weighted by Gasteiger charge is -2.39. The van der Waals surface area contributed by atoms with Gasteiger partial charge in [-0.25, -0.2) is 0 Å². The van der Waals surface area contributed by atoms with Gasteiger partial charge in [-0.05, 0) is 23.8 Å². The molecule has 4 heteroatoms. The van der Waals surface area contributed by atoms with Crippen molar-refractivity contribution >= 4 is 11.9 Å². The third-order valence-electron chi connectivity index (χ3n) is 5.32. The standard InChI is InChI=1S/C17H23NO3/c1-16(2)13(14(19)20)9-10-17(16,3)15(21)18-11-12-7-5-4-6-8-12/h4-8,13H,9-11H2,1-3H3,(H,18,21)(H,19,20). The second kappa shape index (κ2) is 5.51. The molecule has 1 aromatic carbocycles. The second-order valence-corrected chi connectivity index (χ2v) is 6.65. The van der Waals surface area contributed by atoms with Crippen molar-refractivity contribution in [1.82, 2.24) is 5.32 Å². The van der Waals surface area contributed by atoms with Crippen molar-refractivity contribution in [2.45, 2.75) is 40.2 Å². The van der Waals surface area contributed by atoms with Crippen molar-refractivity contribution in [1.29, 1.82) is 0 Å². The zero-order valence-electron chi connectivity index (χ0n) is 12.8. The van der Waals surface area contributed by atoms with Crippen molar-refractivity contribution in [3.63, 3.8) is 0 Å². The Morgan fingerprint density at radius 1 is 1.24 bits per heavy atom. The quantitative estimate of drug-likeness (QED) is 0.895. The van der Waals surface area contributed by atoms with Crippen LogP contribution in [-0.4, -0.2) is 17.0 Å². The Labute approximate surface area is 125 Å². The summed E-state index contributed by atoms with van der Waals surface area (Å²) in [5.41, 5.74) is -0.162. The predicted molar refractivity (Wildman–Crippen MR) is 80.5 cm³/mol. The molecule has 2 atom stereocenters. The van der Waals surface area contributed by atoms with Gasteiger partial charge in [-0.15, -0.1) is 0 Å². The fourth-order valence-electron chi connectivity index (χ4n) is 3.31. The molecule has 0 aromatic heterocycles. The summed E-state index contributed by atoms with van der Waals surface area (Å²) in [6.07, 6.45) is 1.16. The van der Waals surface area contributed by atoms with Crippen LogP contribution in [0, 0.1) is 16.7 Å². The van der Waals surface area contributed by atoms with Gasteiger partial charge in [0, 0.05) is 6.54 Å². The van der Waals surface area contributed by atoms with Crippen LogP contribution in [0.25, 0.3) is 0 Å². The molecular weight excluding hydrogens is 266 g/mol. The van der Waals surface area contributed by atoms with E-state index in [-0.39, 0.29) is 5.91 Å². The van der Waals surface area contributed by atoms with Crippen molar-refractivity contribution in [2.75, 3.05) is 0 Å². The van der Waals surface area contributed by atoms with Crippen LogP contribution in [0.5, 0.6) is 0 Å². The van der Waals surface area contributed by atoms with Gasteiger partial charge in [0.25, 0.3) is 0 Å². The maximum atomic E-state index is 12.6. The first kappa shape index (κ1) is 15.5. The minimum atomic E-state index is -0.806. The van der Waals surface area contributed by atoms with Crippen LogP contribution in [0.15, 0.2) is 30.3 Å². The molecule has 1 aromatic rings. The van der Waals surface area contributed by atoms with Gasteiger partial charge in [0.05, 0.1) is 11.3 Å². The molecule has 1 fully saturated rings. The molecule has 1 aliphatic carbocycles. The molecular formula is C17H23NO3. The summed E-state index contributed by atoms with van der Waals surface area (Å²) in [7, 11) is 0. The van der Waals surface area contributed by atoms with Gasteiger partial charge >= 0.3 is 5.97 Å². The van der Waals surface area contributed by atoms with E-state index in [1.807, 2.05) is 51.1 Å². The van der Waals surface area contributed by atoms with E-state index in [2.05, 4.69) is 5.32 Å². The van der Waals surface area contributed by atoms with Crippen LogP contribution >= 0.6 is 0 Å². The number of aliphatic carboxylic acids is 1. The van der Waals surface area contributed by atoms with E-state index in [4.69, 9.17) is 0 Å². The first-order valence-corrected chi connectivity index (χ1v) is 7.34. The maximum absolute atomic E-state index is 12.6. The van der Waals surface area contributed by atoms with E-state index in [1.165, 1.54) is 0 Å². The van der Waals surface area contributed by atoms with E-state index in [0.29, 0.717) is 19.4 Å². The van der Waals surface area contributed by atoms with Crippen LogP contribution in [-0.2, 0) is 16.1 Å². The first-order valence-electron chi connectivity index (χ1n) is 7.34. The number of benzene rings is 1. The Kier molecular flexibility index (Phi) is 4.08. The van der Waals surface area contributed by atoms with E-state index in [9.17, 15) is 14.7 Å². The number of carbonyl (C=O) groups is 2. The Hall–Kier alpha value is -1.84. The van der Waals surface area contributed by atoms with Crippen LogP contribution in [0.1, 0.15) is 39.2 Å². The minimum Gasteiger partial charge on any atom is -0.481 e. The van der Waals surface area contributed by atoms with Gasteiger partial charge in [0.15, 0.2) is 0 Å². The summed E-state index contributed by atoms with van der Waals surface area (Å²) in [5.74, 6) is -1.33. The smallest absolute Gasteiger partial charge is 0.307 e. The van der Waals surface area contributed by atoms with Crippen LogP contribution in [0.3, 0.4) is 0 Å². The molecule has 114 valence electrons. The van der Waals surface area contributed by atoms with Crippen LogP contribution in [0.4, 0.5) is 0 Å². The van der Waals surface area contributed by atoms with E-state index in [0.717, 1.165) is 5.56 Å². The fraction of sp³-hybridized carbons (Fsp3) is 0.529. The third kappa shape index (κ3) is 2.67. The van der Waals surface area contributed by atoms with E-state index >= 15 is 0 Å². The summed E-state index contributed by atoms with van der Waals surface area (Å²) in [4.78, 5) is 24.0. The molecule has 0 spiro atoms. The van der Waals surface area contributed by atoms with Gasteiger partial charge in [-0.2, -0.15) is 0 Å². The SMILES string of the molecule is CC1(C(=O)NCc2ccccc2)CCC(C(=O)O)C1(C)C. The lowest BCUT2D eigenvalue weighted by molar-refractivity contribution is -0.148. The number of nitrogens with one attached hydrogen (secondary N) is 1. The molecule has 0 heterocycles. The van der Waals surface area contributed by atoms with E-state index < -0.39 is 22.7 Å². The number of hydrogen-bond acceptors (Lipinski definition) is 2. The first-order chi connectivity index (χ1) is 9.79. The molecule has 1 amide bonds. The van der Waals surface area contributed by atoms with Crippen molar-refractivity contribution in [2.24, 2.45) is 16.7 Å². The van der Waals surface area contributed by atoms with Gasteiger partial charge in [0.2, 0.25) is 5.91 Å². The summed E-state index contributed by atoms with van der Waals surface area (Å²) in [6, 6.07) is 9.72. The summed E-state index contributed by atoms with van der Waals surface area (Å²) >= 11 is 0. The molecule has 0 bridgehead atoms. The van der Waals surface area contributed by atoms with Crippen molar-refractivity contribution in [3.8, 4) is 0 Å². The highest BCUT2D eigenvalue weighted by molar-refractivity contribution is 5.85. The van der Waals surface area contributed by atoms with Gasteiger partial charge in [0.1, 0.15) is 0 Å². The highest BCUT2D eigenvalue weighted by Gasteiger charge is 2.58. The summed E-state index contributed by atoms with van der Waals surface area (Å²) in [6.45, 7) is 6.14. The van der Waals surface area contributed by atoms with Crippen molar-refractivity contribution in [3.05, 3.63) is 35.9 Å². The van der Waals surface area contributed by atoms with Crippen LogP contribution in [0.2, 0.25) is 0 Å². The monoisotopic (exact) mass is 289 g/mol. The lowest BCUT2D eigenvalue weighted by atomic mass is 9.65.